The number of para-hydroxylation sites is 1. The van der Waals surface area contributed by atoms with Crippen LogP contribution in [0.2, 0.25) is 0 Å². The summed E-state index contributed by atoms with van der Waals surface area (Å²) in [6.07, 6.45) is -4.58. The molecule has 0 fully saturated rings. The lowest BCUT2D eigenvalue weighted by atomic mass is 10.3. The van der Waals surface area contributed by atoms with Gasteiger partial charge in [0.2, 0.25) is 11.7 Å². The Bertz CT molecular complexity index is 936. The summed E-state index contributed by atoms with van der Waals surface area (Å²) >= 11 is 2.43. The van der Waals surface area contributed by atoms with Crippen LogP contribution in [0.5, 0.6) is 0 Å². The zero-order chi connectivity index (χ0) is 19.8. The molecule has 3 rings (SSSR count). The lowest BCUT2D eigenvalue weighted by Crippen LogP contribution is -2.31. The highest BCUT2D eigenvalue weighted by atomic mass is 32.2. The molecule has 0 unspecified atom stereocenters. The van der Waals surface area contributed by atoms with Crippen molar-refractivity contribution in [1.82, 2.24) is 24.6 Å². The van der Waals surface area contributed by atoms with Crippen LogP contribution in [0, 0.1) is 0 Å². The number of fused-ring (bicyclic) bond motifs is 1. The Morgan fingerprint density at radius 3 is 2.67 bits per heavy atom. The molecular weight excluding hydrogens is 399 g/mol. The minimum absolute atomic E-state index is 0.0386. The third-order valence-corrected chi connectivity index (χ3v) is 6.27. The number of alkyl halides is 3. The maximum atomic E-state index is 12.8. The van der Waals surface area contributed by atoms with Crippen LogP contribution in [0.3, 0.4) is 0 Å². The van der Waals surface area contributed by atoms with E-state index in [1.54, 1.807) is 7.05 Å². The molecule has 0 aliphatic heterocycles. The molecule has 0 saturated carbocycles. The predicted octanol–water partition coefficient (Wildman–Crippen LogP) is 3.76. The van der Waals surface area contributed by atoms with Crippen LogP contribution < -0.4 is 0 Å². The maximum absolute atomic E-state index is 12.8. The van der Waals surface area contributed by atoms with Gasteiger partial charge in [0.1, 0.15) is 5.01 Å². The fourth-order valence-corrected chi connectivity index (χ4v) is 4.26. The second-order valence-corrected chi connectivity index (χ2v) is 7.86. The van der Waals surface area contributed by atoms with E-state index in [0.29, 0.717) is 0 Å². The number of nitrogens with zero attached hydrogens (tertiary/aromatic N) is 5. The molecule has 2 heterocycles. The highest BCUT2D eigenvalue weighted by Crippen LogP contribution is 2.31. The number of halogens is 3. The van der Waals surface area contributed by atoms with E-state index in [4.69, 9.17) is 0 Å². The third kappa shape index (κ3) is 4.08. The predicted molar refractivity (Wildman–Crippen MR) is 97.5 cm³/mol. The summed E-state index contributed by atoms with van der Waals surface area (Å²) in [5.74, 6) is -1.37. The number of amides is 1. The Kier molecular flexibility index (Phi) is 5.43. The van der Waals surface area contributed by atoms with Crippen LogP contribution in [0.1, 0.15) is 23.8 Å². The first-order chi connectivity index (χ1) is 12.7. The number of benzene rings is 1. The molecule has 0 bridgehead atoms. The lowest BCUT2D eigenvalue weighted by Gasteiger charge is -2.23. The number of thiazole rings is 1. The van der Waals surface area contributed by atoms with Crippen molar-refractivity contribution in [2.75, 3.05) is 12.8 Å². The smallest absolute Gasteiger partial charge is 0.336 e. The Balaban J connectivity index is 1.66. The van der Waals surface area contributed by atoms with Crippen LogP contribution in [0.15, 0.2) is 29.4 Å². The first-order valence-electron chi connectivity index (χ1n) is 7.89. The summed E-state index contributed by atoms with van der Waals surface area (Å²) < 4.78 is 40.1. The first-order valence-corrected chi connectivity index (χ1v) is 9.69. The van der Waals surface area contributed by atoms with Crippen LogP contribution in [-0.4, -0.2) is 43.4 Å². The van der Waals surface area contributed by atoms with Crippen LogP contribution in [-0.2, 0) is 18.0 Å². The van der Waals surface area contributed by atoms with Crippen LogP contribution in [0.25, 0.3) is 10.2 Å². The topological polar surface area (TPSA) is 63.9 Å². The van der Waals surface area contributed by atoms with E-state index in [2.05, 4.69) is 15.2 Å². The summed E-state index contributed by atoms with van der Waals surface area (Å²) in [5, 5.41) is 7.51. The minimum atomic E-state index is -4.58. The monoisotopic (exact) mass is 415 g/mol. The standard InChI is InChI=1S/C16H16F3N5OS2/c1-9(13-20-10-6-4-5-7-11(10)27-13)23(2)12(25)8-26-15-22-21-14(24(15)3)16(17,18)19/h4-7,9H,8H2,1-3H3/t9-/m0/s1. The highest BCUT2D eigenvalue weighted by molar-refractivity contribution is 7.99. The van der Waals surface area contributed by atoms with Gasteiger partial charge in [0.25, 0.3) is 0 Å². The van der Waals surface area contributed by atoms with E-state index in [1.807, 2.05) is 31.2 Å². The molecule has 0 aliphatic carbocycles. The van der Waals surface area contributed by atoms with Crippen molar-refractivity contribution in [2.24, 2.45) is 7.05 Å². The summed E-state index contributed by atoms with van der Waals surface area (Å²) in [5.41, 5.74) is 0.873. The zero-order valence-electron chi connectivity index (χ0n) is 14.7. The van der Waals surface area contributed by atoms with Crippen molar-refractivity contribution in [2.45, 2.75) is 24.3 Å². The van der Waals surface area contributed by atoms with E-state index < -0.39 is 12.0 Å². The second-order valence-electron chi connectivity index (χ2n) is 5.85. The Labute approximate surface area is 161 Å². The molecule has 1 atom stereocenters. The molecule has 0 N–H and O–H groups in total. The number of carbonyl (C=O) groups is 1. The number of hydrogen-bond donors (Lipinski definition) is 0. The summed E-state index contributed by atoms with van der Waals surface area (Å²) in [6, 6.07) is 7.45. The van der Waals surface area contributed by atoms with E-state index in [-0.39, 0.29) is 22.9 Å². The minimum Gasteiger partial charge on any atom is -0.336 e. The van der Waals surface area contributed by atoms with E-state index in [0.717, 1.165) is 31.6 Å². The first kappa shape index (κ1) is 19.6. The average molecular weight is 415 g/mol. The molecule has 1 aromatic carbocycles. The van der Waals surface area contributed by atoms with Gasteiger partial charge in [0.05, 0.1) is 22.0 Å². The van der Waals surface area contributed by atoms with E-state index >= 15 is 0 Å². The summed E-state index contributed by atoms with van der Waals surface area (Å²) in [7, 11) is 2.88. The highest BCUT2D eigenvalue weighted by Gasteiger charge is 2.37. The van der Waals surface area contributed by atoms with Gasteiger partial charge in [-0.25, -0.2) is 4.98 Å². The number of hydrogen-bond acceptors (Lipinski definition) is 6. The molecule has 11 heteroatoms. The molecule has 144 valence electrons. The molecule has 2 aromatic heterocycles. The van der Waals surface area contributed by atoms with Gasteiger partial charge in [0, 0.05) is 14.1 Å². The fraction of sp³-hybridized carbons (Fsp3) is 0.375. The molecule has 6 nitrogen and oxygen atoms in total. The number of thioether (sulfide) groups is 1. The molecular formula is C16H16F3N5OS2. The van der Waals surface area contributed by atoms with Crippen LogP contribution in [0.4, 0.5) is 13.2 Å². The summed E-state index contributed by atoms with van der Waals surface area (Å²) in [6.45, 7) is 1.87. The van der Waals surface area contributed by atoms with E-state index in [9.17, 15) is 18.0 Å². The van der Waals surface area contributed by atoms with Crippen molar-refractivity contribution >= 4 is 39.2 Å². The van der Waals surface area contributed by atoms with Crippen molar-refractivity contribution in [3.05, 3.63) is 35.1 Å². The van der Waals surface area contributed by atoms with Gasteiger partial charge in [-0.3, -0.25) is 4.79 Å². The second kappa shape index (κ2) is 7.47. The SMILES string of the molecule is C[C@@H](c1nc2ccccc2s1)N(C)C(=O)CSc1nnc(C(F)(F)F)n1C. The molecule has 0 spiro atoms. The van der Waals surface area contributed by atoms with Crippen molar-refractivity contribution in [3.8, 4) is 0 Å². The van der Waals surface area contributed by atoms with Gasteiger partial charge in [-0.15, -0.1) is 21.5 Å². The van der Waals surface area contributed by atoms with Crippen molar-refractivity contribution in [1.29, 1.82) is 0 Å². The van der Waals surface area contributed by atoms with Gasteiger partial charge < -0.3 is 9.47 Å². The van der Waals surface area contributed by atoms with Gasteiger partial charge in [0.15, 0.2) is 5.16 Å². The van der Waals surface area contributed by atoms with Crippen LogP contribution >= 0.6 is 23.1 Å². The number of carbonyl (C=O) groups excluding carboxylic acids is 1. The summed E-state index contributed by atoms with van der Waals surface area (Å²) in [4.78, 5) is 18.5. The van der Waals surface area contributed by atoms with Gasteiger partial charge in [-0.1, -0.05) is 23.9 Å². The van der Waals surface area contributed by atoms with Crippen molar-refractivity contribution in [3.63, 3.8) is 0 Å². The number of rotatable bonds is 5. The molecule has 1 amide bonds. The Morgan fingerprint density at radius 2 is 2.04 bits per heavy atom. The Morgan fingerprint density at radius 1 is 1.33 bits per heavy atom. The molecule has 27 heavy (non-hydrogen) atoms. The molecule has 0 radical (unpaired) electrons. The molecule has 3 aromatic rings. The quantitative estimate of drug-likeness (QED) is 0.594. The molecule has 0 saturated heterocycles. The van der Waals surface area contributed by atoms with Gasteiger partial charge >= 0.3 is 6.18 Å². The molecule has 0 aliphatic rings. The van der Waals surface area contributed by atoms with Crippen molar-refractivity contribution < 1.29 is 18.0 Å². The zero-order valence-corrected chi connectivity index (χ0v) is 16.3. The normalized spacial score (nSPS) is 13.1. The maximum Gasteiger partial charge on any atom is 0.451 e. The van der Waals surface area contributed by atoms with Gasteiger partial charge in [-0.05, 0) is 19.1 Å². The largest absolute Gasteiger partial charge is 0.451 e. The fourth-order valence-electron chi connectivity index (χ4n) is 2.37. The average Bonchev–Trinajstić information content (AvgIpc) is 3.21. The third-order valence-electron chi connectivity index (χ3n) is 4.06. The lowest BCUT2D eigenvalue weighted by molar-refractivity contribution is -0.147. The Hall–Kier alpha value is -2.14. The van der Waals surface area contributed by atoms with Gasteiger partial charge in [-0.2, -0.15) is 13.2 Å². The number of aromatic nitrogens is 4. The van der Waals surface area contributed by atoms with E-state index in [1.165, 1.54) is 23.3 Å².